The summed E-state index contributed by atoms with van der Waals surface area (Å²) in [5, 5.41) is 6.38. The topological polar surface area (TPSA) is 48.9 Å². The SMILES string of the molecule is CCOC[C@H]1CC[C@H]2C(CC[C@@H]3C2CC[C@@]2(C)C3CCC2[C@@H](C)CN2NN=C(C)N2)C1. The number of ether oxygens (including phenoxy) is 1. The second kappa shape index (κ2) is 8.85. The number of nitrogens with zero attached hydrogens (tertiary/aromatic N) is 2. The molecule has 4 saturated carbocycles. The number of hydrazone groups is 1. The van der Waals surface area contributed by atoms with Gasteiger partial charge in [0, 0.05) is 19.8 Å². The summed E-state index contributed by atoms with van der Waals surface area (Å²) >= 11 is 0. The highest BCUT2D eigenvalue weighted by Gasteiger charge is 2.57. The van der Waals surface area contributed by atoms with Crippen molar-refractivity contribution < 1.29 is 4.74 Å². The minimum Gasteiger partial charge on any atom is -0.381 e. The number of amidine groups is 1. The van der Waals surface area contributed by atoms with Gasteiger partial charge in [-0.15, -0.1) is 10.2 Å². The van der Waals surface area contributed by atoms with Crippen molar-refractivity contribution in [2.24, 2.45) is 57.9 Å². The van der Waals surface area contributed by atoms with Gasteiger partial charge in [-0.05, 0) is 124 Å². The van der Waals surface area contributed by atoms with Crippen molar-refractivity contribution in [3.05, 3.63) is 0 Å². The molecule has 2 N–H and O–H groups in total. The van der Waals surface area contributed by atoms with Crippen molar-refractivity contribution in [1.29, 1.82) is 0 Å². The quantitative estimate of drug-likeness (QED) is 0.608. The maximum absolute atomic E-state index is 5.80. The molecule has 176 valence electrons. The van der Waals surface area contributed by atoms with Gasteiger partial charge in [-0.1, -0.05) is 13.8 Å². The van der Waals surface area contributed by atoms with Crippen molar-refractivity contribution in [3.63, 3.8) is 0 Å². The van der Waals surface area contributed by atoms with E-state index < -0.39 is 0 Å². The number of nitrogens with one attached hydrogen (secondary N) is 2. The normalized spacial score (nSPS) is 45.7. The second-order valence-corrected chi connectivity index (χ2v) is 12.0. The molecular weight excluding hydrogens is 384 g/mol. The molecule has 5 nitrogen and oxygen atoms in total. The third kappa shape index (κ3) is 4.03. The van der Waals surface area contributed by atoms with Crippen LogP contribution in [0.25, 0.3) is 0 Å². The number of fused-ring (bicyclic) bond motifs is 5. The third-order valence-corrected chi connectivity index (χ3v) is 10.5. The van der Waals surface area contributed by atoms with Crippen LogP contribution in [0.1, 0.15) is 85.5 Å². The van der Waals surface area contributed by atoms with Gasteiger partial charge in [-0.3, -0.25) is 5.43 Å². The molecule has 5 rings (SSSR count). The first-order chi connectivity index (χ1) is 15.0. The van der Waals surface area contributed by atoms with Gasteiger partial charge < -0.3 is 4.74 Å². The van der Waals surface area contributed by atoms with E-state index in [4.69, 9.17) is 4.74 Å². The Balaban J connectivity index is 1.22. The number of hydrogen-bond acceptors (Lipinski definition) is 5. The van der Waals surface area contributed by atoms with E-state index >= 15 is 0 Å². The Morgan fingerprint density at radius 3 is 2.71 bits per heavy atom. The summed E-state index contributed by atoms with van der Waals surface area (Å²) in [5.41, 5.74) is 7.04. The van der Waals surface area contributed by atoms with Crippen LogP contribution in [-0.4, -0.2) is 30.7 Å². The summed E-state index contributed by atoms with van der Waals surface area (Å²) in [6.45, 7) is 12.3. The number of hydrogen-bond donors (Lipinski definition) is 2. The van der Waals surface area contributed by atoms with Crippen LogP contribution in [0.15, 0.2) is 5.10 Å². The smallest absolute Gasteiger partial charge is 0.136 e. The maximum Gasteiger partial charge on any atom is 0.136 e. The molecule has 1 heterocycles. The van der Waals surface area contributed by atoms with E-state index in [0.29, 0.717) is 11.3 Å². The van der Waals surface area contributed by atoms with Crippen molar-refractivity contribution in [3.8, 4) is 0 Å². The van der Waals surface area contributed by atoms with E-state index in [1.807, 2.05) is 6.92 Å². The summed E-state index contributed by atoms with van der Waals surface area (Å²) in [6.07, 6.45) is 13.2. The fourth-order valence-corrected chi connectivity index (χ4v) is 9.24. The molecule has 0 aromatic heterocycles. The third-order valence-electron chi connectivity index (χ3n) is 10.5. The predicted molar refractivity (Wildman–Crippen MR) is 126 cm³/mol. The minimum atomic E-state index is 0.551. The van der Waals surface area contributed by atoms with E-state index in [0.717, 1.165) is 67.0 Å². The number of hydrazine groups is 2. The Bertz CT molecular complexity index is 668. The molecule has 0 aromatic rings. The number of rotatable bonds is 6. The largest absolute Gasteiger partial charge is 0.381 e. The first-order valence-electron chi connectivity index (χ1n) is 13.4. The predicted octanol–water partition coefficient (Wildman–Crippen LogP) is 5.20. The Kier molecular flexibility index (Phi) is 6.28. The van der Waals surface area contributed by atoms with Crippen LogP contribution in [0.3, 0.4) is 0 Å². The molecule has 0 bridgehead atoms. The van der Waals surface area contributed by atoms with Crippen LogP contribution in [0.2, 0.25) is 0 Å². The highest BCUT2D eigenvalue weighted by molar-refractivity contribution is 5.79. The molecule has 0 saturated heterocycles. The molecule has 0 radical (unpaired) electrons. The average molecular weight is 431 g/mol. The lowest BCUT2D eigenvalue weighted by molar-refractivity contribution is -0.0798. The van der Waals surface area contributed by atoms with E-state index in [1.54, 1.807) is 0 Å². The molecule has 4 unspecified atom stereocenters. The summed E-state index contributed by atoms with van der Waals surface area (Å²) in [7, 11) is 0. The van der Waals surface area contributed by atoms with E-state index in [9.17, 15) is 0 Å². The van der Waals surface area contributed by atoms with Gasteiger partial charge >= 0.3 is 0 Å². The zero-order valence-corrected chi connectivity index (χ0v) is 20.4. The van der Waals surface area contributed by atoms with E-state index in [2.05, 4.69) is 42.0 Å². The van der Waals surface area contributed by atoms with Crippen molar-refractivity contribution >= 4 is 5.84 Å². The summed E-state index contributed by atoms with van der Waals surface area (Å²) < 4.78 is 5.80. The first kappa shape index (κ1) is 22.0. The lowest BCUT2D eigenvalue weighted by atomic mass is 9.49. The van der Waals surface area contributed by atoms with E-state index in [1.165, 1.54) is 57.8 Å². The molecule has 0 spiro atoms. The monoisotopic (exact) mass is 430 g/mol. The molecule has 31 heavy (non-hydrogen) atoms. The molecule has 9 atom stereocenters. The molecule has 5 heteroatoms. The van der Waals surface area contributed by atoms with Crippen LogP contribution < -0.4 is 11.0 Å². The van der Waals surface area contributed by atoms with Gasteiger partial charge in [0.2, 0.25) is 0 Å². The molecule has 0 aromatic carbocycles. The van der Waals surface area contributed by atoms with Gasteiger partial charge in [-0.2, -0.15) is 0 Å². The Labute approximate surface area is 190 Å². The van der Waals surface area contributed by atoms with Crippen LogP contribution in [0.4, 0.5) is 0 Å². The van der Waals surface area contributed by atoms with Gasteiger partial charge in [0.1, 0.15) is 5.84 Å². The lowest BCUT2D eigenvalue weighted by Crippen LogP contribution is -2.50. The van der Waals surface area contributed by atoms with Crippen molar-refractivity contribution in [1.82, 2.24) is 16.1 Å². The Hall–Kier alpha value is -0.810. The van der Waals surface area contributed by atoms with E-state index in [-0.39, 0.29) is 0 Å². The van der Waals surface area contributed by atoms with Crippen molar-refractivity contribution in [2.45, 2.75) is 85.5 Å². The molecular formula is C26H46N4O. The van der Waals surface area contributed by atoms with Gasteiger partial charge in [0.25, 0.3) is 0 Å². The standard InChI is InChI=1S/C26H46N4O/c1-5-31-16-19-6-8-21-20(14-19)7-9-23-22(21)12-13-26(4)24(10-11-25(23)26)17(2)15-30-28-18(3)27-29-30/h17,19-25,29H,5-16H2,1-4H3,(H,27,28)/t17-,19-,20?,21-,22?,23+,24?,25?,26+/m0/s1. The fraction of sp³-hybridized carbons (Fsp3) is 0.962. The van der Waals surface area contributed by atoms with Crippen LogP contribution in [-0.2, 0) is 4.74 Å². The Morgan fingerprint density at radius 1 is 1.10 bits per heavy atom. The van der Waals surface area contributed by atoms with Crippen LogP contribution in [0.5, 0.6) is 0 Å². The summed E-state index contributed by atoms with van der Waals surface area (Å²) in [6, 6.07) is 0. The van der Waals surface area contributed by atoms with Gasteiger partial charge in [0.05, 0.1) is 0 Å². The molecule has 0 amide bonds. The molecule has 5 aliphatic rings. The van der Waals surface area contributed by atoms with Gasteiger partial charge in [0.15, 0.2) is 0 Å². The summed E-state index contributed by atoms with van der Waals surface area (Å²) in [4.78, 5) is 0. The lowest BCUT2D eigenvalue weighted by Gasteiger charge is -2.57. The fourth-order valence-electron chi connectivity index (χ4n) is 9.24. The first-order valence-corrected chi connectivity index (χ1v) is 13.4. The van der Waals surface area contributed by atoms with Crippen LogP contribution in [0, 0.1) is 52.8 Å². The molecule has 4 fully saturated rings. The summed E-state index contributed by atoms with van der Waals surface area (Å²) in [5.74, 6) is 8.37. The zero-order valence-electron chi connectivity index (χ0n) is 20.4. The highest BCUT2D eigenvalue weighted by Crippen LogP contribution is 2.65. The second-order valence-electron chi connectivity index (χ2n) is 12.0. The highest BCUT2D eigenvalue weighted by atomic mass is 16.5. The molecule has 1 aliphatic heterocycles. The maximum atomic E-state index is 5.80. The average Bonchev–Trinajstić information content (AvgIpc) is 3.33. The van der Waals surface area contributed by atoms with Crippen LogP contribution >= 0.6 is 0 Å². The minimum absolute atomic E-state index is 0.551. The zero-order chi connectivity index (χ0) is 21.6. The van der Waals surface area contributed by atoms with Crippen molar-refractivity contribution in [2.75, 3.05) is 19.8 Å². The Morgan fingerprint density at radius 2 is 1.94 bits per heavy atom. The molecule has 4 aliphatic carbocycles. The van der Waals surface area contributed by atoms with Gasteiger partial charge in [-0.25, -0.2) is 5.53 Å².